The van der Waals surface area contributed by atoms with Crippen LogP contribution in [0, 0.1) is 17.0 Å². The van der Waals surface area contributed by atoms with E-state index in [4.69, 9.17) is 0 Å². The van der Waals surface area contributed by atoms with Crippen LogP contribution in [0.5, 0.6) is 5.75 Å². The molecule has 0 atom stereocenters. The van der Waals surface area contributed by atoms with Crippen LogP contribution in [0.3, 0.4) is 0 Å². The Morgan fingerprint density at radius 2 is 2.00 bits per heavy atom. The van der Waals surface area contributed by atoms with E-state index in [1.165, 1.54) is 12.1 Å². The summed E-state index contributed by atoms with van der Waals surface area (Å²) in [5, 5.41) is 24.4. The maximum absolute atomic E-state index is 11.8. The lowest BCUT2D eigenvalue weighted by Gasteiger charge is -2.03. The largest absolute Gasteiger partial charge is 0.507 e. The zero-order valence-electron chi connectivity index (χ0n) is 11.7. The number of carbonyl (C=O) groups is 1. The van der Waals surface area contributed by atoms with Gasteiger partial charge in [0.05, 0.1) is 11.1 Å². The molecule has 0 saturated heterocycles. The van der Waals surface area contributed by atoms with Crippen molar-refractivity contribution in [3.63, 3.8) is 0 Å². The molecule has 7 nitrogen and oxygen atoms in total. The van der Waals surface area contributed by atoms with Gasteiger partial charge in [-0.2, -0.15) is 5.10 Å². The fourth-order valence-corrected chi connectivity index (χ4v) is 1.81. The summed E-state index contributed by atoms with van der Waals surface area (Å²) in [5.74, 6) is -0.540. The molecule has 112 valence electrons. The van der Waals surface area contributed by atoms with E-state index in [1.54, 1.807) is 37.3 Å². The lowest BCUT2D eigenvalue weighted by molar-refractivity contribution is -0.384. The van der Waals surface area contributed by atoms with Crippen LogP contribution in [0.1, 0.15) is 21.5 Å². The molecule has 7 heteroatoms. The van der Waals surface area contributed by atoms with Crippen LogP contribution in [-0.4, -0.2) is 22.2 Å². The van der Waals surface area contributed by atoms with Crippen LogP contribution >= 0.6 is 0 Å². The third-order valence-corrected chi connectivity index (χ3v) is 2.93. The predicted octanol–water partition coefficient (Wildman–Crippen LogP) is 2.37. The van der Waals surface area contributed by atoms with E-state index in [9.17, 15) is 20.0 Å². The second-order valence-corrected chi connectivity index (χ2v) is 4.52. The van der Waals surface area contributed by atoms with Crippen LogP contribution in [0.4, 0.5) is 5.69 Å². The van der Waals surface area contributed by atoms with E-state index < -0.39 is 10.8 Å². The first-order valence-electron chi connectivity index (χ1n) is 6.35. The number of hydrogen-bond donors (Lipinski definition) is 2. The van der Waals surface area contributed by atoms with Gasteiger partial charge in [-0.05, 0) is 24.6 Å². The highest BCUT2D eigenvalue weighted by Crippen LogP contribution is 2.26. The molecule has 1 amide bonds. The topological polar surface area (TPSA) is 105 Å². The third kappa shape index (κ3) is 3.45. The molecule has 0 aromatic heterocycles. The molecular weight excluding hydrogens is 286 g/mol. The van der Waals surface area contributed by atoms with Gasteiger partial charge < -0.3 is 5.11 Å². The molecule has 0 heterocycles. The molecule has 2 aromatic carbocycles. The minimum Gasteiger partial charge on any atom is -0.507 e. The smallest absolute Gasteiger partial charge is 0.271 e. The van der Waals surface area contributed by atoms with Crippen LogP contribution in [-0.2, 0) is 0 Å². The highest BCUT2D eigenvalue weighted by atomic mass is 16.6. The molecule has 0 bridgehead atoms. The Balaban J connectivity index is 2.17. The molecule has 0 fully saturated rings. The summed E-state index contributed by atoms with van der Waals surface area (Å²) < 4.78 is 0. The van der Waals surface area contributed by atoms with Crippen molar-refractivity contribution in [1.82, 2.24) is 5.43 Å². The lowest BCUT2D eigenvalue weighted by Crippen LogP contribution is -2.17. The van der Waals surface area contributed by atoms with E-state index in [1.807, 2.05) is 0 Å². The molecule has 2 aromatic rings. The van der Waals surface area contributed by atoms with Crippen molar-refractivity contribution in [1.29, 1.82) is 0 Å². The summed E-state index contributed by atoms with van der Waals surface area (Å²) in [6.07, 6.45) is 1.16. The van der Waals surface area contributed by atoms with Gasteiger partial charge >= 0.3 is 0 Å². The van der Waals surface area contributed by atoms with Gasteiger partial charge in [0.2, 0.25) is 0 Å². The molecule has 0 saturated carbocycles. The summed E-state index contributed by atoms with van der Waals surface area (Å²) in [7, 11) is 0. The van der Waals surface area contributed by atoms with Crippen molar-refractivity contribution < 1.29 is 14.8 Å². The van der Waals surface area contributed by atoms with Crippen LogP contribution in [0.25, 0.3) is 0 Å². The van der Waals surface area contributed by atoms with Gasteiger partial charge in [-0.25, -0.2) is 5.43 Å². The predicted molar refractivity (Wildman–Crippen MR) is 81.0 cm³/mol. The Morgan fingerprint density at radius 3 is 2.64 bits per heavy atom. The Bertz CT molecular complexity index is 742. The van der Waals surface area contributed by atoms with Crippen molar-refractivity contribution in [3.05, 3.63) is 69.3 Å². The second kappa shape index (κ2) is 6.49. The number of phenols is 1. The monoisotopic (exact) mass is 299 g/mol. The van der Waals surface area contributed by atoms with Crippen LogP contribution in [0.15, 0.2) is 47.6 Å². The van der Waals surface area contributed by atoms with Gasteiger partial charge in [0.1, 0.15) is 5.75 Å². The van der Waals surface area contributed by atoms with Crippen LogP contribution in [0.2, 0.25) is 0 Å². The first kappa shape index (κ1) is 15.2. The summed E-state index contributed by atoms with van der Waals surface area (Å²) in [5.41, 5.74) is 3.07. The van der Waals surface area contributed by atoms with Gasteiger partial charge in [-0.1, -0.05) is 18.2 Å². The van der Waals surface area contributed by atoms with Gasteiger partial charge in [0, 0.05) is 23.3 Å². The lowest BCUT2D eigenvalue weighted by atomic mass is 10.1. The number of nitro benzene ring substituents is 1. The van der Waals surface area contributed by atoms with E-state index >= 15 is 0 Å². The Kier molecular flexibility index (Phi) is 4.47. The molecule has 0 unspecified atom stereocenters. The zero-order valence-corrected chi connectivity index (χ0v) is 11.7. The van der Waals surface area contributed by atoms with Gasteiger partial charge in [0.15, 0.2) is 0 Å². The maximum Gasteiger partial charge on any atom is 0.271 e. The minimum atomic E-state index is -0.563. The van der Waals surface area contributed by atoms with E-state index in [2.05, 4.69) is 10.5 Å². The van der Waals surface area contributed by atoms with E-state index in [-0.39, 0.29) is 17.0 Å². The zero-order chi connectivity index (χ0) is 16.1. The SMILES string of the molecule is Cc1cc([N+](=O)[O-])cc(/C=N\NC(=O)c2ccccc2)c1O. The fraction of sp³-hybridized carbons (Fsp3) is 0.0667. The summed E-state index contributed by atoms with van der Waals surface area (Å²) in [4.78, 5) is 22.0. The average Bonchev–Trinajstić information content (AvgIpc) is 2.51. The molecule has 0 spiro atoms. The number of carbonyl (C=O) groups excluding carboxylic acids is 1. The van der Waals surface area contributed by atoms with Crippen molar-refractivity contribution in [3.8, 4) is 5.75 Å². The number of non-ortho nitro benzene ring substituents is 1. The number of aromatic hydroxyl groups is 1. The number of benzene rings is 2. The fourth-order valence-electron chi connectivity index (χ4n) is 1.81. The van der Waals surface area contributed by atoms with Crippen molar-refractivity contribution >= 4 is 17.8 Å². The van der Waals surface area contributed by atoms with E-state index in [0.717, 1.165) is 6.21 Å². The summed E-state index contributed by atoms with van der Waals surface area (Å²) in [6, 6.07) is 10.9. The normalized spacial score (nSPS) is 10.6. The highest BCUT2D eigenvalue weighted by Gasteiger charge is 2.12. The number of rotatable bonds is 4. The van der Waals surface area contributed by atoms with Gasteiger partial charge in [-0.3, -0.25) is 14.9 Å². The number of nitro groups is 1. The quantitative estimate of drug-likeness (QED) is 0.513. The highest BCUT2D eigenvalue weighted by molar-refractivity contribution is 5.95. The Hall–Kier alpha value is -3.22. The van der Waals surface area contributed by atoms with Crippen molar-refractivity contribution in [2.75, 3.05) is 0 Å². The number of nitrogens with one attached hydrogen (secondary N) is 1. The van der Waals surface area contributed by atoms with Gasteiger partial charge in [-0.15, -0.1) is 0 Å². The first-order valence-corrected chi connectivity index (χ1v) is 6.35. The third-order valence-electron chi connectivity index (χ3n) is 2.93. The average molecular weight is 299 g/mol. The summed E-state index contributed by atoms with van der Waals surface area (Å²) in [6.45, 7) is 1.54. The molecule has 2 N–H and O–H groups in total. The number of hydrazone groups is 1. The molecule has 0 radical (unpaired) electrons. The maximum atomic E-state index is 11.8. The number of hydrogen-bond acceptors (Lipinski definition) is 5. The summed E-state index contributed by atoms with van der Waals surface area (Å²) >= 11 is 0. The molecule has 0 aliphatic carbocycles. The molecule has 22 heavy (non-hydrogen) atoms. The first-order chi connectivity index (χ1) is 10.5. The molecular formula is C15H13N3O4. The van der Waals surface area contributed by atoms with Crippen LogP contribution < -0.4 is 5.43 Å². The van der Waals surface area contributed by atoms with Gasteiger partial charge in [0.25, 0.3) is 11.6 Å². The Morgan fingerprint density at radius 1 is 1.32 bits per heavy atom. The second-order valence-electron chi connectivity index (χ2n) is 4.52. The number of amides is 1. The molecule has 0 aliphatic rings. The number of phenolic OH excluding ortho intramolecular Hbond substituents is 1. The Labute approximate surface area is 126 Å². The van der Waals surface area contributed by atoms with Crippen molar-refractivity contribution in [2.24, 2.45) is 5.10 Å². The van der Waals surface area contributed by atoms with E-state index in [0.29, 0.717) is 11.1 Å². The number of nitrogens with zero attached hydrogens (tertiary/aromatic N) is 2. The molecule has 2 rings (SSSR count). The number of aryl methyl sites for hydroxylation is 1. The molecule has 0 aliphatic heterocycles. The van der Waals surface area contributed by atoms with Crippen molar-refractivity contribution in [2.45, 2.75) is 6.92 Å². The minimum absolute atomic E-state index is 0.122. The standard InChI is InChI=1S/C15H13N3O4/c1-10-7-13(18(21)22)8-12(14(10)19)9-16-17-15(20)11-5-3-2-4-6-11/h2-9,19H,1H3,(H,17,20)/b16-9-.